The molecule has 0 aliphatic carbocycles. The molecule has 0 saturated carbocycles. The summed E-state index contributed by atoms with van der Waals surface area (Å²) < 4.78 is 1.91. The number of aldehydes is 2. The molecule has 0 spiro atoms. The molecule has 1 N–H and O–H groups in total. The second kappa shape index (κ2) is 9.52. The minimum Gasteiger partial charge on any atom is -0.478 e. The van der Waals surface area contributed by atoms with Gasteiger partial charge in [-0.05, 0) is 29.2 Å². The van der Waals surface area contributed by atoms with E-state index in [0.29, 0.717) is 42.1 Å². The molecule has 0 amide bonds. The van der Waals surface area contributed by atoms with E-state index in [1.54, 1.807) is 24.3 Å². The van der Waals surface area contributed by atoms with Crippen LogP contribution in [-0.4, -0.2) is 43.4 Å². The number of hydrogen-bond acceptors (Lipinski definition) is 6. The molecule has 0 unspecified atom stereocenters. The number of carboxylic acid groups (broad SMARTS) is 1. The fourth-order valence-corrected chi connectivity index (χ4v) is 3.89. The summed E-state index contributed by atoms with van der Waals surface area (Å²) in [5.41, 5.74) is 3.72. The first-order valence-electron chi connectivity index (χ1n) is 10.6. The van der Waals surface area contributed by atoms with Gasteiger partial charge in [0.1, 0.15) is 16.9 Å². The van der Waals surface area contributed by atoms with Crippen LogP contribution < -0.4 is 0 Å². The van der Waals surface area contributed by atoms with Crippen molar-refractivity contribution in [3.05, 3.63) is 76.9 Å². The number of benzene rings is 2. The van der Waals surface area contributed by atoms with Gasteiger partial charge in [-0.15, -0.1) is 10.2 Å². The van der Waals surface area contributed by atoms with Crippen LogP contribution in [0.5, 0.6) is 0 Å². The molecule has 166 valence electrons. The number of carbonyl (C=O) groups is 3. The summed E-state index contributed by atoms with van der Waals surface area (Å²) in [4.78, 5) is 39.3. The molecule has 0 atom stereocenters. The second-order valence-electron chi connectivity index (χ2n) is 7.67. The molecule has 0 saturated heterocycles. The number of nitrogens with zero attached hydrogens (tertiary/aromatic N) is 4. The predicted octanol–water partition coefficient (Wildman–Crippen LogP) is 4.21. The maximum atomic E-state index is 11.7. The van der Waals surface area contributed by atoms with Crippen molar-refractivity contribution in [2.75, 3.05) is 0 Å². The number of aryl methyl sites for hydroxylation is 1. The first-order valence-corrected chi connectivity index (χ1v) is 10.6. The van der Waals surface area contributed by atoms with E-state index in [2.05, 4.69) is 22.1 Å². The lowest BCUT2D eigenvalue weighted by atomic mass is 9.99. The van der Waals surface area contributed by atoms with Gasteiger partial charge in [-0.3, -0.25) is 9.59 Å². The summed E-state index contributed by atoms with van der Waals surface area (Å²) in [6.45, 7) is 2.50. The van der Waals surface area contributed by atoms with Gasteiger partial charge < -0.3 is 9.67 Å². The molecular weight excluding hydrogens is 420 g/mol. The molecule has 0 aliphatic heterocycles. The highest BCUT2D eigenvalue weighted by Crippen LogP contribution is 2.26. The highest BCUT2D eigenvalue weighted by molar-refractivity contribution is 5.99. The Balaban J connectivity index is 1.76. The van der Waals surface area contributed by atoms with Crippen molar-refractivity contribution in [3.63, 3.8) is 0 Å². The van der Waals surface area contributed by atoms with Crippen LogP contribution in [0.4, 0.5) is 0 Å². The van der Waals surface area contributed by atoms with E-state index in [4.69, 9.17) is 0 Å². The van der Waals surface area contributed by atoms with Crippen LogP contribution >= 0.6 is 0 Å². The summed E-state index contributed by atoms with van der Waals surface area (Å²) in [5.74, 6) is -0.221. The number of carboxylic acids is 1. The second-order valence-corrected chi connectivity index (χ2v) is 7.67. The maximum Gasteiger partial charge on any atom is 0.336 e. The SMILES string of the molecule is CCCCc1nc2c(C=O)nnc(C=O)c2n1Cc1ccc(-c2ccccc2C(=O)O)cc1. The molecule has 0 fully saturated rings. The Morgan fingerprint density at radius 2 is 1.70 bits per heavy atom. The van der Waals surface area contributed by atoms with Crippen molar-refractivity contribution < 1.29 is 19.5 Å². The third kappa shape index (κ3) is 4.27. The summed E-state index contributed by atoms with van der Waals surface area (Å²) in [6, 6.07) is 14.4. The van der Waals surface area contributed by atoms with Crippen LogP contribution in [-0.2, 0) is 13.0 Å². The van der Waals surface area contributed by atoms with E-state index >= 15 is 0 Å². The monoisotopic (exact) mass is 442 g/mol. The first kappa shape index (κ1) is 22.0. The number of aromatic nitrogens is 4. The standard InChI is InChI=1S/C25H22N4O4/c1-2-3-8-22-26-23-20(14-30)27-28-21(15-31)24(23)29(22)13-16-9-11-17(12-10-16)18-6-4-5-7-19(18)25(32)33/h4-7,9-12,14-15H,2-3,8,13H2,1H3,(H,32,33). The zero-order valence-electron chi connectivity index (χ0n) is 18.1. The summed E-state index contributed by atoms with van der Waals surface area (Å²) in [6.07, 6.45) is 3.78. The molecule has 2 heterocycles. The molecular formula is C25H22N4O4. The molecule has 0 bridgehead atoms. The third-order valence-electron chi connectivity index (χ3n) is 5.54. The molecule has 33 heavy (non-hydrogen) atoms. The van der Waals surface area contributed by atoms with Crippen LogP contribution in [0.15, 0.2) is 48.5 Å². The number of rotatable bonds is 9. The smallest absolute Gasteiger partial charge is 0.336 e. The van der Waals surface area contributed by atoms with E-state index in [0.717, 1.165) is 29.8 Å². The van der Waals surface area contributed by atoms with Gasteiger partial charge in [0, 0.05) is 13.0 Å². The molecule has 8 heteroatoms. The predicted molar refractivity (Wildman–Crippen MR) is 123 cm³/mol. The Labute approximate surface area is 189 Å². The largest absolute Gasteiger partial charge is 0.478 e. The van der Waals surface area contributed by atoms with Gasteiger partial charge in [-0.25, -0.2) is 9.78 Å². The molecule has 0 aliphatic rings. The fraction of sp³-hybridized carbons (Fsp3) is 0.200. The Kier molecular flexibility index (Phi) is 6.35. The average molecular weight is 442 g/mol. The van der Waals surface area contributed by atoms with Crippen molar-refractivity contribution in [2.24, 2.45) is 0 Å². The molecule has 0 radical (unpaired) electrons. The zero-order chi connectivity index (χ0) is 23.4. The highest BCUT2D eigenvalue weighted by Gasteiger charge is 2.19. The van der Waals surface area contributed by atoms with E-state index < -0.39 is 5.97 Å². The Morgan fingerprint density at radius 1 is 1.00 bits per heavy atom. The van der Waals surface area contributed by atoms with Gasteiger partial charge >= 0.3 is 5.97 Å². The Hall–Kier alpha value is -4.20. The van der Waals surface area contributed by atoms with Crippen LogP contribution in [0, 0.1) is 0 Å². The van der Waals surface area contributed by atoms with Crippen molar-refractivity contribution in [1.29, 1.82) is 0 Å². The number of unbranched alkanes of at least 4 members (excludes halogenated alkanes) is 1. The van der Waals surface area contributed by atoms with Gasteiger partial charge in [0.05, 0.1) is 5.56 Å². The molecule has 4 rings (SSSR count). The summed E-state index contributed by atoms with van der Waals surface area (Å²) >= 11 is 0. The molecule has 4 aromatic rings. The van der Waals surface area contributed by atoms with Crippen LogP contribution in [0.3, 0.4) is 0 Å². The van der Waals surface area contributed by atoms with Crippen molar-refractivity contribution >= 4 is 29.6 Å². The number of hydrogen-bond donors (Lipinski definition) is 1. The maximum absolute atomic E-state index is 11.7. The lowest BCUT2D eigenvalue weighted by molar-refractivity contribution is 0.0697. The number of aromatic carboxylic acids is 1. The summed E-state index contributed by atoms with van der Waals surface area (Å²) in [5, 5.41) is 17.2. The van der Waals surface area contributed by atoms with E-state index in [1.165, 1.54) is 0 Å². The summed E-state index contributed by atoms with van der Waals surface area (Å²) in [7, 11) is 0. The van der Waals surface area contributed by atoms with Crippen molar-refractivity contribution in [2.45, 2.75) is 32.7 Å². The number of fused-ring (bicyclic) bond motifs is 1. The van der Waals surface area contributed by atoms with E-state index in [-0.39, 0.29) is 17.0 Å². The lowest BCUT2D eigenvalue weighted by Gasteiger charge is -2.11. The zero-order valence-corrected chi connectivity index (χ0v) is 18.1. The molecule has 2 aromatic carbocycles. The lowest BCUT2D eigenvalue weighted by Crippen LogP contribution is -2.08. The quantitative estimate of drug-likeness (QED) is 0.386. The van der Waals surface area contributed by atoms with Gasteiger partial charge in [-0.1, -0.05) is 55.8 Å². The van der Waals surface area contributed by atoms with Gasteiger partial charge in [-0.2, -0.15) is 0 Å². The van der Waals surface area contributed by atoms with Crippen molar-refractivity contribution in [3.8, 4) is 11.1 Å². The van der Waals surface area contributed by atoms with Gasteiger partial charge in [0.2, 0.25) is 0 Å². The molecule has 2 aromatic heterocycles. The Morgan fingerprint density at radius 3 is 2.36 bits per heavy atom. The number of carbonyl (C=O) groups excluding carboxylic acids is 2. The normalized spacial score (nSPS) is 10.9. The van der Waals surface area contributed by atoms with Crippen LogP contribution in [0.1, 0.15) is 62.5 Å². The topological polar surface area (TPSA) is 115 Å². The third-order valence-corrected chi connectivity index (χ3v) is 5.54. The first-order chi connectivity index (χ1) is 16.1. The highest BCUT2D eigenvalue weighted by atomic mass is 16.4. The minimum atomic E-state index is -0.978. The fourth-order valence-electron chi connectivity index (χ4n) is 3.89. The minimum absolute atomic E-state index is 0.104. The average Bonchev–Trinajstić information content (AvgIpc) is 3.20. The van der Waals surface area contributed by atoms with Gasteiger partial charge in [0.25, 0.3) is 0 Å². The number of imidazole rings is 1. The van der Waals surface area contributed by atoms with Gasteiger partial charge in [0.15, 0.2) is 24.0 Å². The van der Waals surface area contributed by atoms with Crippen molar-refractivity contribution in [1.82, 2.24) is 19.7 Å². The van der Waals surface area contributed by atoms with Crippen LogP contribution in [0.2, 0.25) is 0 Å². The van der Waals surface area contributed by atoms with E-state index in [1.807, 2.05) is 28.8 Å². The van der Waals surface area contributed by atoms with Crippen LogP contribution in [0.25, 0.3) is 22.2 Å². The Bertz CT molecular complexity index is 1340. The molecule has 8 nitrogen and oxygen atoms in total. The van der Waals surface area contributed by atoms with E-state index in [9.17, 15) is 19.5 Å².